The van der Waals surface area contributed by atoms with E-state index >= 15 is 0 Å². The number of hydrogen-bond donors (Lipinski definition) is 2. The van der Waals surface area contributed by atoms with Crippen LogP contribution in [0.1, 0.15) is 40.0 Å². The summed E-state index contributed by atoms with van der Waals surface area (Å²) in [5.41, 5.74) is 5.37. The molecule has 0 radical (unpaired) electrons. The first-order valence-corrected chi connectivity index (χ1v) is 10.1. The Morgan fingerprint density at radius 1 is 0.781 bits per heavy atom. The molecule has 170 valence electrons. The van der Waals surface area contributed by atoms with Crippen molar-refractivity contribution in [2.75, 3.05) is 26.2 Å². The van der Waals surface area contributed by atoms with Gasteiger partial charge in [0.25, 0.3) is 23.2 Å². The highest BCUT2D eigenvalue weighted by molar-refractivity contribution is 6.10. The second kappa shape index (κ2) is 12.2. The number of carbonyl (C=O) groups excluding carboxylic acids is 2. The minimum atomic E-state index is -0.605. The minimum Gasteiger partial charge on any atom is -0.330 e. The summed E-state index contributed by atoms with van der Waals surface area (Å²) in [6.07, 6.45) is 2.31. The van der Waals surface area contributed by atoms with E-state index in [0.717, 1.165) is 24.3 Å². The van der Waals surface area contributed by atoms with Crippen molar-refractivity contribution >= 4 is 23.2 Å². The Hall–Kier alpha value is -3.70. The van der Waals surface area contributed by atoms with Crippen molar-refractivity contribution in [2.24, 2.45) is 5.73 Å². The van der Waals surface area contributed by atoms with Gasteiger partial charge >= 0.3 is 0 Å². The first-order chi connectivity index (χ1) is 15.3. The summed E-state index contributed by atoms with van der Waals surface area (Å²) in [6, 6.07) is 9.95. The Bertz CT molecular complexity index is 877. The fraction of sp³-hybridized carbons (Fsp3) is 0.333. The molecule has 32 heavy (non-hydrogen) atoms. The zero-order valence-corrected chi connectivity index (χ0v) is 17.4. The SMILES string of the molecule is NCCCCNCCCN(C(=O)c1ccc([N+](=O)[O-])cc1)C(=O)c1ccc([N+](=O)[O-])cc1. The van der Waals surface area contributed by atoms with Gasteiger partial charge in [-0.05, 0) is 63.2 Å². The van der Waals surface area contributed by atoms with Gasteiger partial charge in [-0.25, -0.2) is 0 Å². The normalized spacial score (nSPS) is 10.5. The first kappa shape index (κ1) is 24.6. The summed E-state index contributed by atoms with van der Waals surface area (Å²) in [6.45, 7) is 2.06. The van der Waals surface area contributed by atoms with Crippen LogP contribution in [0.5, 0.6) is 0 Å². The maximum Gasteiger partial charge on any atom is 0.269 e. The maximum atomic E-state index is 13.0. The number of carbonyl (C=O) groups is 2. The molecular formula is C21H25N5O6. The van der Waals surface area contributed by atoms with Gasteiger partial charge in [0, 0.05) is 41.9 Å². The molecule has 0 heterocycles. The minimum absolute atomic E-state index is 0.107. The van der Waals surface area contributed by atoms with Gasteiger partial charge in [-0.2, -0.15) is 0 Å². The van der Waals surface area contributed by atoms with E-state index in [1.165, 1.54) is 48.5 Å². The molecule has 3 N–H and O–H groups in total. The largest absolute Gasteiger partial charge is 0.330 e. The molecule has 0 saturated carbocycles. The number of rotatable bonds is 12. The molecule has 0 aliphatic carbocycles. The van der Waals surface area contributed by atoms with Crippen molar-refractivity contribution in [1.82, 2.24) is 10.2 Å². The topological polar surface area (TPSA) is 162 Å². The summed E-state index contributed by atoms with van der Waals surface area (Å²) >= 11 is 0. The third-order valence-corrected chi connectivity index (χ3v) is 4.68. The Kier molecular flexibility index (Phi) is 9.39. The van der Waals surface area contributed by atoms with Gasteiger partial charge in [0.05, 0.1) is 9.85 Å². The van der Waals surface area contributed by atoms with Crippen LogP contribution in [0.3, 0.4) is 0 Å². The lowest BCUT2D eigenvalue weighted by atomic mass is 10.1. The summed E-state index contributed by atoms with van der Waals surface area (Å²) in [5.74, 6) is -1.21. The second-order valence-electron chi connectivity index (χ2n) is 6.97. The Morgan fingerprint density at radius 2 is 1.22 bits per heavy atom. The Labute approximate surface area is 184 Å². The molecular weight excluding hydrogens is 418 g/mol. The molecule has 0 fully saturated rings. The van der Waals surface area contributed by atoms with Crippen LogP contribution in [0, 0.1) is 20.2 Å². The molecule has 0 aliphatic rings. The van der Waals surface area contributed by atoms with E-state index in [1.54, 1.807) is 0 Å². The van der Waals surface area contributed by atoms with Crippen LogP contribution >= 0.6 is 0 Å². The van der Waals surface area contributed by atoms with E-state index in [9.17, 15) is 29.8 Å². The number of hydrogen-bond acceptors (Lipinski definition) is 8. The molecule has 11 nitrogen and oxygen atoms in total. The van der Waals surface area contributed by atoms with Gasteiger partial charge in [0.1, 0.15) is 0 Å². The van der Waals surface area contributed by atoms with Gasteiger partial charge in [-0.1, -0.05) is 0 Å². The number of nitrogens with one attached hydrogen (secondary N) is 1. The second-order valence-corrected chi connectivity index (χ2v) is 6.97. The van der Waals surface area contributed by atoms with Crippen molar-refractivity contribution in [1.29, 1.82) is 0 Å². The monoisotopic (exact) mass is 443 g/mol. The standard InChI is InChI=1S/C21H25N5O6/c22-12-1-2-13-23-14-3-15-24(20(27)16-4-8-18(9-5-16)25(29)30)21(28)17-6-10-19(11-7-17)26(31)32/h4-11,23H,1-3,12-15,22H2. The smallest absolute Gasteiger partial charge is 0.269 e. The molecule has 2 aromatic carbocycles. The summed E-state index contributed by atoms with van der Waals surface area (Å²) in [4.78, 5) is 47.6. The van der Waals surface area contributed by atoms with E-state index in [2.05, 4.69) is 5.32 Å². The van der Waals surface area contributed by atoms with E-state index in [4.69, 9.17) is 5.73 Å². The summed E-state index contributed by atoms with van der Waals surface area (Å²) in [5, 5.41) is 24.9. The fourth-order valence-corrected chi connectivity index (χ4v) is 2.94. The summed E-state index contributed by atoms with van der Waals surface area (Å²) < 4.78 is 0. The van der Waals surface area contributed by atoms with Crippen LogP contribution in [-0.4, -0.2) is 52.7 Å². The first-order valence-electron chi connectivity index (χ1n) is 10.1. The highest BCUT2D eigenvalue weighted by Gasteiger charge is 2.24. The molecule has 0 unspecified atom stereocenters. The molecule has 0 aliphatic heterocycles. The van der Waals surface area contributed by atoms with Crippen LogP contribution in [0.4, 0.5) is 11.4 Å². The Morgan fingerprint density at radius 3 is 1.62 bits per heavy atom. The van der Waals surface area contributed by atoms with E-state index in [-0.39, 0.29) is 29.0 Å². The summed E-state index contributed by atoms with van der Waals surface area (Å²) in [7, 11) is 0. The number of non-ortho nitro benzene ring substituents is 2. The number of nitrogens with two attached hydrogens (primary N) is 1. The van der Waals surface area contributed by atoms with Gasteiger partial charge < -0.3 is 11.1 Å². The van der Waals surface area contributed by atoms with Crippen LogP contribution in [0.25, 0.3) is 0 Å². The molecule has 0 spiro atoms. The van der Waals surface area contributed by atoms with E-state index < -0.39 is 21.7 Å². The lowest BCUT2D eigenvalue weighted by Crippen LogP contribution is -2.38. The predicted molar refractivity (Wildman–Crippen MR) is 117 cm³/mol. The van der Waals surface area contributed by atoms with Crippen molar-refractivity contribution in [3.05, 3.63) is 79.9 Å². The van der Waals surface area contributed by atoms with Crippen molar-refractivity contribution in [3.8, 4) is 0 Å². The average molecular weight is 443 g/mol. The lowest BCUT2D eigenvalue weighted by molar-refractivity contribution is -0.385. The molecule has 2 rings (SSSR count). The number of nitrogens with zero attached hydrogens (tertiary/aromatic N) is 3. The van der Waals surface area contributed by atoms with Crippen molar-refractivity contribution in [3.63, 3.8) is 0 Å². The van der Waals surface area contributed by atoms with Gasteiger partial charge in [0.2, 0.25) is 0 Å². The van der Waals surface area contributed by atoms with Crippen molar-refractivity contribution in [2.45, 2.75) is 19.3 Å². The molecule has 2 amide bonds. The third-order valence-electron chi connectivity index (χ3n) is 4.68. The molecule has 11 heteroatoms. The molecule has 0 atom stereocenters. The van der Waals surface area contributed by atoms with Gasteiger partial charge in [-0.3, -0.25) is 34.7 Å². The number of unbranched alkanes of at least 4 members (excludes halogenated alkanes) is 1. The Balaban J connectivity index is 2.15. The zero-order chi connectivity index (χ0) is 23.5. The number of imide groups is 1. The lowest BCUT2D eigenvalue weighted by Gasteiger charge is -2.21. The van der Waals surface area contributed by atoms with Crippen LogP contribution in [0.15, 0.2) is 48.5 Å². The highest BCUT2D eigenvalue weighted by Crippen LogP contribution is 2.17. The third kappa shape index (κ3) is 6.93. The molecule has 0 saturated heterocycles. The quantitative estimate of drug-likeness (QED) is 0.219. The van der Waals surface area contributed by atoms with Crippen LogP contribution in [-0.2, 0) is 0 Å². The average Bonchev–Trinajstić information content (AvgIpc) is 2.80. The van der Waals surface area contributed by atoms with Crippen LogP contribution in [0.2, 0.25) is 0 Å². The number of nitro groups is 2. The fourth-order valence-electron chi connectivity index (χ4n) is 2.94. The molecule has 2 aromatic rings. The highest BCUT2D eigenvalue weighted by atomic mass is 16.6. The number of amides is 2. The number of nitro benzene ring substituents is 2. The predicted octanol–water partition coefficient (Wildman–Crippen LogP) is 2.50. The van der Waals surface area contributed by atoms with Crippen LogP contribution < -0.4 is 11.1 Å². The molecule has 0 bridgehead atoms. The number of benzene rings is 2. The van der Waals surface area contributed by atoms with Crippen molar-refractivity contribution < 1.29 is 19.4 Å². The van der Waals surface area contributed by atoms with E-state index in [0.29, 0.717) is 19.5 Å². The van der Waals surface area contributed by atoms with E-state index in [1.807, 2.05) is 0 Å². The zero-order valence-electron chi connectivity index (χ0n) is 17.4. The van der Waals surface area contributed by atoms with Gasteiger partial charge in [0.15, 0.2) is 0 Å². The van der Waals surface area contributed by atoms with Gasteiger partial charge in [-0.15, -0.1) is 0 Å². The molecule has 0 aromatic heterocycles. The maximum absolute atomic E-state index is 13.0.